The van der Waals surface area contributed by atoms with E-state index in [1.165, 1.54) is 24.0 Å². The van der Waals surface area contributed by atoms with E-state index in [-0.39, 0.29) is 35.7 Å². The summed E-state index contributed by atoms with van der Waals surface area (Å²) in [5.41, 5.74) is 1.13. The summed E-state index contributed by atoms with van der Waals surface area (Å²) < 4.78 is 98.4. The summed E-state index contributed by atoms with van der Waals surface area (Å²) in [5, 5.41) is 0. The molecule has 2 aliphatic heterocycles. The third kappa shape index (κ3) is 7.00. The van der Waals surface area contributed by atoms with E-state index in [4.69, 9.17) is 19.2 Å². The van der Waals surface area contributed by atoms with Crippen molar-refractivity contribution >= 4 is 17.9 Å². The van der Waals surface area contributed by atoms with Gasteiger partial charge < -0.3 is 19.1 Å². The summed E-state index contributed by atoms with van der Waals surface area (Å²) in [6, 6.07) is 10.2. The number of methoxy groups -OCH3 is 2. The lowest BCUT2D eigenvalue weighted by Gasteiger charge is -2.39. The Morgan fingerprint density at radius 1 is 0.980 bits per heavy atom. The molecule has 3 heterocycles. The monoisotopic (exact) mass is 691 g/mol. The first-order valence-electron chi connectivity index (χ1n) is 15.9. The molecule has 0 spiro atoms. The van der Waals surface area contributed by atoms with Crippen LogP contribution in [0.15, 0.2) is 48.5 Å². The SMILES string of the molecule is COc1ccc([C@H]2CC[C@H](C(=O)OC)CC2)cc1-c1ccc(N2CC(F)(F)C2)nc1CN1C(=O)O[C@H](c2cc(F)cc(C(F)(F)F)c2)[C@@H]1C. The lowest BCUT2D eigenvalue weighted by molar-refractivity contribution is -0.146. The molecule has 49 heavy (non-hydrogen) atoms. The van der Waals surface area contributed by atoms with Crippen LogP contribution < -0.4 is 9.64 Å². The number of pyridine rings is 1. The highest BCUT2D eigenvalue weighted by Crippen LogP contribution is 2.43. The molecule has 262 valence electrons. The van der Waals surface area contributed by atoms with Crippen LogP contribution in [0.4, 0.5) is 37.0 Å². The van der Waals surface area contributed by atoms with Crippen LogP contribution in [-0.4, -0.2) is 61.2 Å². The van der Waals surface area contributed by atoms with E-state index in [2.05, 4.69) is 0 Å². The quantitative estimate of drug-likeness (QED) is 0.176. The Kier molecular flexibility index (Phi) is 9.18. The molecule has 1 amide bonds. The van der Waals surface area contributed by atoms with Crippen LogP contribution in [0.5, 0.6) is 5.75 Å². The van der Waals surface area contributed by atoms with Crippen molar-refractivity contribution in [3.63, 3.8) is 0 Å². The minimum atomic E-state index is -4.82. The second-order valence-corrected chi connectivity index (χ2v) is 12.9. The van der Waals surface area contributed by atoms with Gasteiger partial charge in [-0.15, -0.1) is 0 Å². The standard InChI is InChI=1S/C35H35F6N3O5/c1-19-31(23-12-24(35(39,40)41)15-25(36)13-23)49-33(46)44(19)16-28-26(9-11-30(42-28)43-17-34(37,38)18-43)27-14-22(8-10-29(27)47-2)20-4-6-21(7-5-20)32(45)48-3/h8-15,19-21,31H,4-7,16-18H2,1-3H3/t19-,20-,21-,31-/m0/s1. The van der Waals surface area contributed by atoms with Crippen LogP contribution in [0.3, 0.4) is 0 Å². The normalized spacial score (nSPS) is 23.6. The molecule has 3 aliphatic rings. The number of ether oxygens (including phenoxy) is 3. The molecule has 0 radical (unpaired) electrons. The molecule has 1 saturated carbocycles. The van der Waals surface area contributed by atoms with Crippen molar-refractivity contribution in [1.82, 2.24) is 9.88 Å². The maximum absolute atomic E-state index is 14.3. The number of cyclic esters (lactones) is 1. The van der Waals surface area contributed by atoms with Crippen molar-refractivity contribution < 1.29 is 50.1 Å². The summed E-state index contributed by atoms with van der Waals surface area (Å²) in [7, 11) is 2.88. The zero-order valence-corrected chi connectivity index (χ0v) is 27.0. The molecular weight excluding hydrogens is 656 g/mol. The molecule has 0 N–H and O–H groups in total. The van der Waals surface area contributed by atoms with Gasteiger partial charge >= 0.3 is 18.2 Å². The topological polar surface area (TPSA) is 81.2 Å². The predicted molar refractivity (Wildman–Crippen MR) is 166 cm³/mol. The number of hydrogen-bond acceptors (Lipinski definition) is 7. The highest BCUT2D eigenvalue weighted by atomic mass is 19.4. The van der Waals surface area contributed by atoms with E-state index in [0.29, 0.717) is 41.5 Å². The molecule has 2 saturated heterocycles. The van der Waals surface area contributed by atoms with Gasteiger partial charge in [-0.25, -0.2) is 22.9 Å². The lowest BCUT2D eigenvalue weighted by atomic mass is 9.78. The Morgan fingerprint density at radius 2 is 1.69 bits per heavy atom. The van der Waals surface area contributed by atoms with Crippen molar-refractivity contribution in [3.05, 3.63) is 76.7 Å². The van der Waals surface area contributed by atoms with E-state index in [9.17, 15) is 35.9 Å². The molecule has 3 aromatic rings. The van der Waals surface area contributed by atoms with E-state index in [0.717, 1.165) is 30.5 Å². The molecule has 2 atom stereocenters. The van der Waals surface area contributed by atoms with Gasteiger partial charge in [-0.2, -0.15) is 13.2 Å². The second-order valence-electron chi connectivity index (χ2n) is 12.9. The van der Waals surface area contributed by atoms with Gasteiger partial charge in [-0.1, -0.05) is 6.07 Å². The number of nitrogens with zero attached hydrogens (tertiary/aromatic N) is 3. The number of benzene rings is 2. The molecule has 2 aromatic carbocycles. The summed E-state index contributed by atoms with van der Waals surface area (Å²) in [6.45, 7) is 0.316. The summed E-state index contributed by atoms with van der Waals surface area (Å²) >= 11 is 0. The minimum absolute atomic E-state index is 0.145. The van der Waals surface area contributed by atoms with Crippen molar-refractivity contribution in [3.8, 4) is 16.9 Å². The van der Waals surface area contributed by atoms with Crippen molar-refractivity contribution in [1.29, 1.82) is 0 Å². The van der Waals surface area contributed by atoms with Gasteiger partial charge in [0.05, 0.1) is 57.1 Å². The summed E-state index contributed by atoms with van der Waals surface area (Å²) in [6.07, 6.45) is -4.03. The van der Waals surface area contributed by atoms with Gasteiger partial charge in [-0.3, -0.25) is 9.69 Å². The maximum atomic E-state index is 14.3. The van der Waals surface area contributed by atoms with Crippen molar-refractivity contribution in [2.75, 3.05) is 32.2 Å². The molecule has 1 aromatic heterocycles. The van der Waals surface area contributed by atoms with E-state index >= 15 is 0 Å². The number of hydrogen-bond donors (Lipinski definition) is 0. The van der Waals surface area contributed by atoms with Crippen LogP contribution in [-0.2, 0) is 27.0 Å². The minimum Gasteiger partial charge on any atom is -0.496 e. The second kappa shape index (κ2) is 13.1. The van der Waals surface area contributed by atoms with E-state index in [1.807, 2.05) is 18.2 Å². The molecule has 8 nitrogen and oxygen atoms in total. The summed E-state index contributed by atoms with van der Waals surface area (Å²) in [4.78, 5) is 32.7. The number of amides is 1. The van der Waals surface area contributed by atoms with Crippen molar-refractivity contribution in [2.24, 2.45) is 5.92 Å². The number of carbonyl (C=O) groups is 2. The number of rotatable bonds is 8. The zero-order valence-electron chi connectivity index (χ0n) is 27.0. The number of alkyl halides is 5. The Balaban J connectivity index is 1.34. The fraction of sp³-hybridized carbons (Fsp3) is 0.457. The van der Waals surface area contributed by atoms with Crippen LogP contribution >= 0.6 is 0 Å². The highest BCUT2D eigenvalue weighted by molar-refractivity contribution is 5.76. The largest absolute Gasteiger partial charge is 0.496 e. The maximum Gasteiger partial charge on any atom is 0.416 e. The number of aromatic nitrogens is 1. The number of halogens is 6. The van der Waals surface area contributed by atoms with Crippen LogP contribution in [0.2, 0.25) is 0 Å². The first-order valence-corrected chi connectivity index (χ1v) is 15.9. The van der Waals surface area contributed by atoms with Gasteiger partial charge in [0.1, 0.15) is 23.5 Å². The summed E-state index contributed by atoms with van der Waals surface area (Å²) in [5.74, 6) is -3.47. The fourth-order valence-electron chi connectivity index (χ4n) is 6.99. The van der Waals surface area contributed by atoms with Gasteiger partial charge in [0.15, 0.2) is 0 Å². The molecular formula is C35H35F6N3O5. The van der Waals surface area contributed by atoms with Crippen LogP contribution in [0.25, 0.3) is 11.1 Å². The Bertz CT molecular complexity index is 1740. The molecule has 14 heteroatoms. The van der Waals surface area contributed by atoms with Gasteiger partial charge in [0.2, 0.25) is 0 Å². The first-order chi connectivity index (χ1) is 23.2. The van der Waals surface area contributed by atoms with Crippen molar-refractivity contribution in [2.45, 2.75) is 69.3 Å². The lowest BCUT2D eigenvalue weighted by Crippen LogP contribution is -2.56. The Labute approximate surface area is 278 Å². The molecule has 1 aliphatic carbocycles. The van der Waals surface area contributed by atoms with Gasteiger partial charge in [0, 0.05) is 11.1 Å². The van der Waals surface area contributed by atoms with E-state index in [1.54, 1.807) is 19.1 Å². The predicted octanol–water partition coefficient (Wildman–Crippen LogP) is 7.90. The smallest absolute Gasteiger partial charge is 0.416 e. The zero-order chi connectivity index (χ0) is 35.2. The fourth-order valence-corrected chi connectivity index (χ4v) is 6.99. The Morgan fingerprint density at radius 3 is 2.33 bits per heavy atom. The van der Waals surface area contributed by atoms with Crippen LogP contribution in [0, 0.1) is 11.7 Å². The Hall–Kier alpha value is -4.49. The number of esters is 1. The van der Waals surface area contributed by atoms with Gasteiger partial charge in [0.25, 0.3) is 5.92 Å². The van der Waals surface area contributed by atoms with Crippen LogP contribution in [0.1, 0.15) is 67.0 Å². The third-order valence-corrected chi connectivity index (χ3v) is 9.66. The molecule has 6 rings (SSSR count). The average molecular weight is 692 g/mol. The molecule has 0 bridgehead atoms. The average Bonchev–Trinajstić information content (AvgIpc) is 3.34. The number of carbonyl (C=O) groups excluding carboxylic acids is 2. The first kappa shape index (κ1) is 34.4. The molecule has 0 unspecified atom stereocenters. The van der Waals surface area contributed by atoms with Gasteiger partial charge in [-0.05, 0) is 92.1 Å². The third-order valence-electron chi connectivity index (χ3n) is 9.66. The molecule has 3 fully saturated rings. The van der Waals surface area contributed by atoms with E-state index < -0.39 is 54.8 Å². The number of anilines is 1. The highest BCUT2D eigenvalue weighted by Gasteiger charge is 2.45.